The topological polar surface area (TPSA) is 144 Å². The fourth-order valence-corrected chi connectivity index (χ4v) is 6.08. The van der Waals surface area contributed by atoms with Gasteiger partial charge in [-0.05, 0) is 40.7 Å². The maximum atomic E-state index is 14.8. The first kappa shape index (κ1) is 37.4. The Labute approximate surface area is 295 Å². The molecule has 3 heterocycles. The second kappa shape index (κ2) is 13.7. The van der Waals surface area contributed by atoms with Crippen LogP contribution in [0.4, 0.5) is 22.0 Å². The summed E-state index contributed by atoms with van der Waals surface area (Å²) in [6.45, 7) is 4.12. The van der Waals surface area contributed by atoms with Gasteiger partial charge in [0, 0.05) is 17.3 Å². The van der Waals surface area contributed by atoms with E-state index >= 15 is 0 Å². The third-order valence-corrected chi connectivity index (χ3v) is 8.85. The van der Waals surface area contributed by atoms with Gasteiger partial charge in [-0.1, -0.05) is 76.6 Å². The Bertz CT molecular complexity index is 1920. The average Bonchev–Trinajstić information content (AvgIpc) is 3.79. The molecule has 0 aliphatic carbocycles. The number of nitrogens with two attached hydrogens (primary N) is 1. The Morgan fingerprint density at radius 3 is 2.31 bits per heavy atom. The Morgan fingerprint density at radius 2 is 1.75 bits per heavy atom. The summed E-state index contributed by atoms with van der Waals surface area (Å²) < 4.78 is 73.1. The Balaban J connectivity index is 1.55. The standard InChI is InChI=1S/C34H36ClF5N8O3/c1-31(2,3)17-33(22-9-6-19(7-10-22)21-14-44-47(15-21)29(36)37)28(50)48(30(41)45-33)25(16-51-26(49)13-32(4,5)34(38,39)40)20-8-11-24(35)23(12-20)27-42-18-43-46-27/h6-12,14-15,18,25,29H,13,16-17H2,1-5H3,(H2,41,45)(H,42,43,46)/t25-,33-/m1/s1. The first-order valence-electron chi connectivity index (χ1n) is 15.7. The van der Waals surface area contributed by atoms with Crippen molar-refractivity contribution < 1.29 is 36.3 Å². The number of hydrogen-bond donors (Lipinski definition) is 2. The molecule has 1 aliphatic rings. The third kappa shape index (κ3) is 7.75. The Morgan fingerprint density at radius 1 is 1.06 bits per heavy atom. The highest BCUT2D eigenvalue weighted by atomic mass is 35.5. The summed E-state index contributed by atoms with van der Waals surface area (Å²) in [4.78, 5) is 37.8. The minimum Gasteiger partial charge on any atom is -0.463 e. The molecule has 0 fully saturated rings. The predicted octanol–water partition coefficient (Wildman–Crippen LogP) is 7.44. The van der Waals surface area contributed by atoms with Crippen LogP contribution in [0.25, 0.3) is 22.5 Å². The number of guanidine groups is 1. The average molecular weight is 735 g/mol. The Kier molecular flexibility index (Phi) is 10.0. The van der Waals surface area contributed by atoms with E-state index < -0.39 is 60.0 Å². The number of aromatic amines is 1. The van der Waals surface area contributed by atoms with Crippen LogP contribution >= 0.6 is 11.6 Å². The van der Waals surface area contributed by atoms with Gasteiger partial charge >= 0.3 is 18.7 Å². The number of esters is 1. The fourth-order valence-electron chi connectivity index (χ4n) is 5.88. The van der Waals surface area contributed by atoms with Crippen LogP contribution in [-0.2, 0) is 19.9 Å². The van der Waals surface area contributed by atoms with E-state index in [1.54, 1.807) is 36.4 Å². The molecule has 2 atom stereocenters. The molecule has 1 amide bonds. The summed E-state index contributed by atoms with van der Waals surface area (Å²) in [7, 11) is 0. The molecule has 11 nitrogen and oxygen atoms in total. The Hall–Kier alpha value is -4.86. The van der Waals surface area contributed by atoms with Gasteiger partial charge in [0.25, 0.3) is 5.91 Å². The van der Waals surface area contributed by atoms with Crippen molar-refractivity contribution in [3.63, 3.8) is 0 Å². The number of halogens is 6. The van der Waals surface area contributed by atoms with Gasteiger partial charge in [-0.3, -0.25) is 19.6 Å². The van der Waals surface area contributed by atoms with Gasteiger partial charge < -0.3 is 10.5 Å². The number of nitrogens with zero attached hydrogens (tertiary/aromatic N) is 6. The number of H-pyrrole nitrogens is 1. The number of ether oxygens (including phenoxy) is 1. The SMILES string of the molecule is CC(C)(C)C[C@]1(c2ccc(-c3cnn(C(F)F)c3)cc2)N=C(N)N([C@H](COC(=O)CC(C)(C)C(F)(F)F)c2ccc(Cl)c(-c3ncn[nH]3)c2)C1=O. The largest absolute Gasteiger partial charge is 0.463 e. The highest BCUT2D eigenvalue weighted by Crippen LogP contribution is 2.46. The molecule has 17 heteroatoms. The van der Waals surface area contributed by atoms with Crippen LogP contribution in [-0.4, -0.2) is 60.5 Å². The zero-order valence-electron chi connectivity index (χ0n) is 28.3. The summed E-state index contributed by atoms with van der Waals surface area (Å²) >= 11 is 6.47. The van der Waals surface area contributed by atoms with E-state index in [0.29, 0.717) is 38.3 Å². The monoisotopic (exact) mass is 734 g/mol. The number of benzene rings is 2. The van der Waals surface area contributed by atoms with Crippen LogP contribution in [0.1, 0.15) is 71.2 Å². The molecular weight excluding hydrogens is 699 g/mol. The molecule has 4 aromatic rings. The molecule has 0 bridgehead atoms. The van der Waals surface area contributed by atoms with Gasteiger partial charge in [0.05, 0.1) is 29.1 Å². The van der Waals surface area contributed by atoms with Crippen molar-refractivity contribution in [2.45, 2.75) is 71.8 Å². The third-order valence-electron chi connectivity index (χ3n) is 8.52. The lowest BCUT2D eigenvalue weighted by Gasteiger charge is -2.35. The minimum absolute atomic E-state index is 0.162. The van der Waals surface area contributed by atoms with Gasteiger partial charge in [0.2, 0.25) is 0 Å². The van der Waals surface area contributed by atoms with Gasteiger partial charge in [0.1, 0.15) is 12.9 Å². The maximum absolute atomic E-state index is 14.8. The molecule has 0 unspecified atom stereocenters. The quantitative estimate of drug-likeness (QED) is 0.120. The zero-order valence-corrected chi connectivity index (χ0v) is 29.1. The van der Waals surface area contributed by atoms with Gasteiger partial charge in [0.15, 0.2) is 17.3 Å². The summed E-state index contributed by atoms with van der Waals surface area (Å²) in [5, 5.41) is 10.5. The van der Waals surface area contributed by atoms with Crippen LogP contribution in [0, 0.1) is 10.8 Å². The van der Waals surface area contributed by atoms with Crippen LogP contribution in [0.15, 0.2) is 66.2 Å². The first-order chi connectivity index (χ1) is 23.7. The number of nitrogens with one attached hydrogen (secondary N) is 1. The van der Waals surface area contributed by atoms with Crippen LogP contribution in [0.5, 0.6) is 0 Å². The molecule has 272 valence electrons. The van der Waals surface area contributed by atoms with Crippen LogP contribution in [0.2, 0.25) is 5.02 Å². The number of amides is 1. The van der Waals surface area contributed by atoms with Gasteiger partial charge in [-0.2, -0.15) is 32.1 Å². The molecule has 51 heavy (non-hydrogen) atoms. The molecule has 0 saturated carbocycles. The van der Waals surface area contributed by atoms with Crippen LogP contribution < -0.4 is 5.73 Å². The zero-order chi connectivity index (χ0) is 37.5. The van der Waals surface area contributed by atoms with E-state index in [1.807, 2.05) is 20.8 Å². The number of carbonyl (C=O) groups is 2. The summed E-state index contributed by atoms with van der Waals surface area (Å²) in [5.74, 6) is -1.65. The van der Waals surface area contributed by atoms with Crippen molar-refractivity contribution >= 4 is 29.4 Å². The molecule has 0 spiro atoms. The lowest BCUT2D eigenvalue weighted by atomic mass is 9.75. The smallest absolute Gasteiger partial charge is 0.394 e. The van der Waals surface area contributed by atoms with Crippen molar-refractivity contribution in [2.24, 2.45) is 21.6 Å². The summed E-state index contributed by atoms with van der Waals surface area (Å²) in [6, 6.07) is 10.1. The molecular formula is C34H36ClF5N8O3. The number of aliphatic imine (C=N–C) groups is 1. The number of aromatic nitrogens is 5. The highest BCUT2D eigenvalue weighted by molar-refractivity contribution is 6.33. The van der Waals surface area contributed by atoms with Crippen LogP contribution in [0.3, 0.4) is 0 Å². The second-order valence-corrected chi connectivity index (χ2v) is 14.5. The lowest BCUT2D eigenvalue weighted by Crippen LogP contribution is -2.47. The summed E-state index contributed by atoms with van der Waals surface area (Å²) in [5.41, 5.74) is 4.25. The van der Waals surface area contributed by atoms with E-state index in [-0.39, 0.29) is 17.4 Å². The first-order valence-corrected chi connectivity index (χ1v) is 16.1. The fraction of sp³-hybridized carbons (Fsp3) is 0.412. The molecule has 3 N–H and O–H groups in total. The van der Waals surface area contributed by atoms with Gasteiger partial charge in [-0.25, -0.2) is 14.7 Å². The molecule has 1 aliphatic heterocycles. The van der Waals surface area contributed by atoms with E-state index in [0.717, 1.165) is 13.8 Å². The normalized spacial score (nSPS) is 17.6. The lowest BCUT2D eigenvalue weighted by molar-refractivity contribution is -0.217. The summed E-state index contributed by atoms with van der Waals surface area (Å²) in [6.07, 6.45) is -1.72. The maximum Gasteiger partial charge on any atom is 0.394 e. The second-order valence-electron chi connectivity index (χ2n) is 14.1. The molecule has 5 rings (SSSR count). The number of carbonyl (C=O) groups excluding carboxylic acids is 2. The van der Waals surface area contributed by atoms with Gasteiger partial charge in [-0.15, -0.1) is 0 Å². The van der Waals surface area contributed by atoms with E-state index in [2.05, 4.69) is 20.3 Å². The predicted molar refractivity (Wildman–Crippen MR) is 178 cm³/mol. The molecule has 0 saturated heterocycles. The van der Waals surface area contributed by atoms with E-state index in [4.69, 9.17) is 27.1 Å². The van der Waals surface area contributed by atoms with Crippen molar-refractivity contribution in [3.05, 3.63) is 77.3 Å². The molecule has 0 radical (unpaired) electrons. The highest BCUT2D eigenvalue weighted by Gasteiger charge is 2.53. The molecule has 2 aromatic heterocycles. The van der Waals surface area contributed by atoms with Crippen molar-refractivity contribution in [2.75, 3.05) is 6.61 Å². The van der Waals surface area contributed by atoms with E-state index in [9.17, 15) is 31.5 Å². The number of hydrogen-bond acceptors (Lipinski definition) is 8. The number of alkyl halides is 5. The van der Waals surface area contributed by atoms with E-state index in [1.165, 1.54) is 29.7 Å². The number of rotatable bonds is 11. The van der Waals surface area contributed by atoms with Crippen molar-refractivity contribution in [1.29, 1.82) is 0 Å². The van der Waals surface area contributed by atoms with Crippen molar-refractivity contribution in [3.8, 4) is 22.5 Å². The van der Waals surface area contributed by atoms with Crippen molar-refractivity contribution in [1.82, 2.24) is 29.9 Å². The minimum atomic E-state index is -4.68. The molecule has 2 aromatic carbocycles.